The van der Waals surface area contributed by atoms with Gasteiger partial charge in [-0.2, -0.15) is 14.4 Å². The lowest BCUT2D eigenvalue weighted by Crippen LogP contribution is -2.49. The third-order valence-corrected chi connectivity index (χ3v) is 6.45. The van der Waals surface area contributed by atoms with E-state index in [9.17, 15) is 19.1 Å². The number of unbranched alkanes of at least 4 members (excludes halogenated alkanes) is 9. The molecular formula is C26H38FN5O6. The van der Waals surface area contributed by atoms with Crippen LogP contribution in [0.4, 0.5) is 10.2 Å². The van der Waals surface area contributed by atoms with Gasteiger partial charge >= 0.3 is 18.0 Å². The van der Waals surface area contributed by atoms with Crippen molar-refractivity contribution < 1.29 is 33.7 Å². The van der Waals surface area contributed by atoms with Crippen LogP contribution in [-0.4, -0.2) is 67.1 Å². The average Bonchev–Trinajstić information content (AvgIpc) is 3.28. The van der Waals surface area contributed by atoms with E-state index in [0.29, 0.717) is 6.42 Å². The summed E-state index contributed by atoms with van der Waals surface area (Å²) in [5, 5.41) is 19.5. The van der Waals surface area contributed by atoms with Crippen molar-refractivity contribution in [2.24, 2.45) is 0 Å². The fourth-order valence-electron chi connectivity index (χ4n) is 4.11. The van der Waals surface area contributed by atoms with Gasteiger partial charge in [-0.15, -0.1) is 6.42 Å². The maximum Gasteiger partial charge on any atom is 0.312 e. The summed E-state index contributed by atoms with van der Waals surface area (Å²) in [4.78, 5) is 33.9. The van der Waals surface area contributed by atoms with Gasteiger partial charge in [0.15, 0.2) is 17.1 Å². The molecule has 0 aliphatic carbocycles. The normalized spacial score (nSPS) is 13.6. The lowest BCUT2D eigenvalue weighted by Gasteiger charge is -2.31. The number of nitrogens with two attached hydrogens (primary N) is 1. The highest BCUT2D eigenvalue weighted by atomic mass is 19.1. The molecule has 0 amide bonds. The van der Waals surface area contributed by atoms with Crippen molar-refractivity contribution in [3.8, 4) is 12.3 Å². The van der Waals surface area contributed by atoms with Crippen LogP contribution < -0.4 is 5.73 Å². The van der Waals surface area contributed by atoms with Gasteiger partial charge in [-0.25, -0.2) is 4.98 Å². The van der Waals surface area contributed by atoms with Gasteiger partial charge in [0.2, 0.25) is 0 Å². The monoisotopic (exact) mass is 535 g/mol. The highest BCUT2D eigenvalue weighted by Gasteiger charge is 2.38. The lowest BCUT2D eigenvalue weighted by molar-refractivity contribution is -0.157. The number of aliphatic hydroxyl groups excluding tert-OH is 1. The molecule has 4 N–H and O–H groups in total. The zero-order valence-corrected chi connectivity index (χ0v) is 21.9. The van der Waals surface area contributed by atoms with E-state index < -0.39 is 29.7 Å². The van der Waals surface area contributed by atoms with Gasteiger partial charge in [0.05, 0.1) is 12.9 Å². The molecule has 1 unspecified atom stereocenters. The molecule has 2 aromatic rings. The number of terminal acetylenes is 1. The molecule has 2 heterocycles. The SMILES string of the molecule is C#CC(COC(=O)CCCCCCCCCCCCC(=O)O)(OC)[C@@H](O)Cn1cnc2c(N)nc(F)nc21. The second kappa shape index (κ2) is 15.8. The highest BCUT2D eigenvalue weighted by Crippen LogP contribution is 2.22. The van der Waals surface area contributed by atoms with E-state index in [1.165, 1.54) is 18.0 Å². The average molecular weight is 536 g/mol. The van der Waals surface area contributed by atoms with Gasteiger partial charge in [-0.3, -0.25) is 9.59 Å². The molecule has 210 valence electrons. The van der Waals surface area contributed by atoms with E-state index >= 15 is 0 Å². The quantitative estimate of drug-likeness (QED) is 0.105. The second-order valence-corrected chi connectivity index (χ2v) is 9.29. The number of aliphatic hydroxyl groups is 1. The minimum Gasteiger partial charge on any atom is -0.481 e. The number of aromatic nitrogens is 4. The Labute approximate surface area is 221 Å². The molecule has 0 fully saturated rings. The van der Waals surface area contributed by atoms with Crippen molar-refractivity contribution >= 4 is 28.9 Å². The first-order valence-electron chi connectivity index (χ1n) is 12.9. The number of ether oxygens (including phenoxy) is 2. The molecule has 0 saturated carbocycles. The first kappa shape index (κ1) is 30.9. The third kappa shape index (κ3) is 9.54. The minimum atomic E-state index is -1.63. The summed E-state index contributed by atoms with van der Waals surface area (Å²) < 4.78 is 25.7. The van der Waals surface area contributed by atoms with Crippen molar-refractivity contribution in [3.63, 3.8) is 0 Å². The molecule has 38 heavy (non-hydrogen) atoms. The predicted molar refractivity (Wildman–Crippen MR) is 138 cm³/mol. The van der Waals surface area contributed by atoms with Crippen LogP contribution in [0.3, 0.4) is 0 Å². The van der Waals surface area contributed by atoms with Crippen molar-refractivity contribution in [1.82, 2.24) is 19.5 Å². The first-order chi connectivity index (χ1) is 18.2. The standard InChI is InChI=1S/C26H38FN5O6/c1-3-26(37-2,19(33)16-32-18-29-22-23(28)30-25(27)31-24(22)32)17-38-21(36)15-13-11-9-7-5-4-6-8-10-12-14-20(34)35/h1,18-19,33H,4-17H2,2H3,(H,34,35)(H2,28,30,31)/t19-,26?/m0/s1. The van der Waals surface area contributed by atoms with E-state index in [2.05, 4.69) is 20.9 Å². The summed E-state index contributed by atoms with van der Waals surface area (Å²) in [6.07, 6.45) is 14.9. The van der Waals surface area contributed by atoms with Gasteiger partial charge in [-0.05, 0) is 12.8 Å². The second-order valence-electron chi connectivity index (χ2n) is 9.29. The number of rotatable bonds is 19. The molecule has 11 nitrogen and oxygen atoms in total. The van der Waals surface area contributed by atoms with E-state index in [4.69, 9.17) is 26.7 Å². The van der Waals surface area contributed by atoms with Crippen LogP contribution >= 0.6 is 0 Å². The number of carboxylic acids is 1. The molecule has 0 aliphatic rings. The van der Waals surface area contributed by atoms with Gasteiger partial charge in [-0.1, -0.05) is 57.3 Å². The van der Waals surface area contributed by atoms with Gasteiger partial charge in [0.1, 0.15) is 18.2 Å². The molecule has 0 spiro atoms. The largest absolute Gasteiger partial charge is 0.481 e. The summed E-state index contributed by atoms with van der Waals surface area (Å²) in [5.41, 5.74) is 4.31. The number of nitrogens with zero attached hydrogens (tertiary/aromatic N) is 4. The Morgan fingerprint density at radius 2 is 1.68 bits per heavy atom. The van der Waals surface area contributed by atoms with E-state index in [-0.39, 0.29) is 43.0 Å². The zero-order valence-electron chi connectivity index (χ0n) is 21.9. The number of nitrogen functional groups attached to an aromatic ring is 1. The minimum absolute atomic E-state index is 0.0869. The van der Waals surface area contributed by atoms with Crippen LogP contribution in [-0.2, 0) is 25.6 Å². The summed E-state index contributed by atoms with van der Waals surface area (Å²) in [6, 6.07) is 0. The number of methoxy groups -OCH3 is 1. The Morgan fingerprint density at radius 3 is 2.24 bits per heavy atom. The molecule has 12 heteroatoms. The van der Waals surface area contributed by atoms with Crippen LogP contribution in [0.25, 0.3) is 11.2 Å². The summed E-state index contributed by atoms with van der Waals surface area (Å²) >= 11 is 0. The Balaban J connectivity index is 1.69. The molecule has 0 aliphatic heterocycles. The molecule has 0 bridgehead atoms. The van der Waals surface area contributed by atoms with Crippen molar-refractivity contribution in [2.45, 2.75) is 95.3 Å². The fourth-order valence-corrected chi connectivity index (χ4v) is 4.11. The first-order valence-corrected chi connectivity index (χ1v) is 12.9. The van der Waals surface area contributed by atoms with Gasteiger partial charge in [0, 0.05) is 20.0 Å². The molecule has 0 saturated heterocycles. The molecule has 0 radical (unpaired) electrons. The number of halogens is 1. The molecular weight excluding hydrogens is 497 g/mol. The summed E-state index contributed by atoms with van der Waals surface area (Å²) in [7, 11) is 1.30. The van der Waals surface area contributed by atoms with Crippen molar-refractivity contribution in [1.29, 1.82) is 0 Å². The van der Waals surface area contributed by atoms with Crippen LogP contribution in [0.1, 0.15) is 77.0 Å². The topological polar surface area (TPSA) is 163 Å². The van der Waals surface area contributed by atoms with E-state index in [1.54, 1.807) is 0 Å². The summed E-state index contributed by atoms with van der Waals surface area (Å²) in [5.74, 6) is 1.08. The Hall–Kier alpha value is -3.30. The highest BCUT2D eigenvalue weighted by molar-refractivity contribution is 5.81. The molecule has 2 aromatic heterocycles. The number of fused-ring (bicyclic) bond motifs is 1. The smallest absolute Gasteiger partial charge is 0.312 e. The number of imidazole rings is 1. The lowest BCUT2D eigenvalue weighted by atomic mass is 9.98. The third-order valence-electron chi connectivity index (χ3n) is 6.45. The van der Waals surface area contributed by atoms with Crippen LogP contribution in [0.15, 0.2) is 6.33 Å². The fraction of sp³-hybridized carbons (Fsp3) is 0.654. The van der Waals surface area contributed by atoms with E-state index in [1.807, 2.05) is 0 Å². The molecule has 2 rings (SSSR count). The van der Waals surface area contributed by atoms with Crippen molar-refractivity contribution in [3.05, 3.63) is 12.4 Å². The van der Waals surface area contributed by atoms with E-state index in [0.717, 1.165) is 57.8 Å². The number of esters is 1. The van der Waals surface area contributed by atoms with Gasteiger partial charge < -0.3 is 30.0 Å². The Bertz CT molecular complexity index is 1090. The number of carboxylic acid groups (broad SMARTS) is 1. The number of carbonyl (C=O) groups is 2. The maximum absolute atomic E-state index is 13.6. The number of hydrogen-bond donors (Lipinski definition) is 3. The number of anilines is 1. The van der Waals surface area contributed by atoms with Crippen LogP contribution in [0.5, 0.6) is 0 Å². The van der Waals surface area contributed by atoms with Crippen LogP contribution in [0, 0.1) is 18.4 Å². The summed E-state index contributed by atoms with van der Waals surface area (Å²) in [6.45, 7) is -0.519. The van der Waals surface area contributed by atoms with Gasteiger partial charge in [0.25, 0.3) is 0 Å². The number of carbonyl (C=O) groups excluding carboxylic acids is 1. The number of hydrogen-bond acceptors (Lipinski definition) is 9. The Morgan fingerprint density at radius 1 is 1.11 bits per heavy atom. The van der Waals surface area contributed by atoms with Crippen molar-refractivity contribution in [2.75, 3.05) is 19.5 Å². The number of aliphatic carboxylic acids is 1. The predicted octanol–water partition coefficient (Wildman–Crippen LogP) is 3.24. The van der Waals surface area contributed by atoms with Crippen LogP contribution in [0.2, 0.25) is 0 Å². The zero-order chi connectivity index (χ0) is 28.0. The molecule has 2 atom stereocenters. The maximum atomic E-state index is 13.6. The Kier molecular flexibility index (Phi) is 12.9. The molecule has 0 aromatic carbocycles.